The molecule has 21 heavy (non-hydrogen) atoms. The molecule has 0 aliphatic heterocycles. The molecule has 1 heterocycles. The van der Waals surface area contributed by atoms with Crippen LogP contribution in [0, 0.1) is 5.82 Å². The summed E-state index contributed by atoms with van der Waals surface area (Å²) in [6.45, 7) is 0. The molecule has 0 spiro atoms. The fourth-order valence-corrected chi connectivity index (χ4v) is 1.98. The Balaban J connectivity index is 2.33. The molecule has 1 aromatic heterocycles. The van der Waals surface area contributed by atoms with Crippen LogP contribution < -0.4 is 11.1 Å². The normalized spacial score (nSPS) is 11.2. The molecule has 0 saturated heterocycles. The van der Waals surface area contributed by atoms with E-state index in [9.17, 15) is 9.18 Å². The van der Waals surface area contributed by atoms with Crippen molar-refractivity contribution >= 4 is 33.4 Å². The van der Waals surface area contributed by atoms with E-state index >= 15 is 0 Å². The van der Waals surface area contributed by atoms with Crippen molar-refractivity contribution in [3.05, 3.63) is 58.1 Å². The third-order valence-corrected chi connectivity index (χ3v) is 3.07. The lowest BCUT2D eigenvalue weighted by Crippen LogP contribution is -2.19. The number of hydrogen-bond acceptors (Lipinski definition) is 4. The summed E-state index contributed by atoms with van der Waals surface area (Å²) in [6.07, 6.45) is 2.23. The van der Waals surface area contributed by atoms with Gasteiger partial charge in [0.2, 0.25) is 0 Å². The highest BCUT2D eigenvalue weighted by atomic mass is 79.9. The molecule has 0 bridgehead atoms. The van der Waals surface area contributed by atoms with Crippen molar-refractivity contribution in [3.8, 4) is 0 Å². The Morgan fingerprint density at radius 1 is 1.38 bits per heavy atom. The lowest BCUT2D eigenvalue weighted by atomic mass is 10.1. The summed E-state index contributed by atoms with van der Waals surface area (Å²) in [5, 5.41) is 14.2. The maximum absolute atomic E-state index is 13.1. The third-order valence-electron chi connectivity index (χ3n) is 2.58. The summed E-state index contributed by atoms with van der Waals surface area (Å²) in [4.78, 5) is 15.6. The second-order valence-electron chi connectivity index (χ2n) is 4.02. The third kappa shape index (κ3) is 3.54. The number of aromatic nitrogens is 1. The summed E-state index contributed by atoms with van der Waals surface area (Å²) in [5.41, 5.74) is 6.26. The molecule has 2 rings (SSSR count). The Morgan fingerprint density at radius 2 is 2.14 bits per heavy atom. The van der Waals surface area contributed by atoms with E-state index in [1.165, 1.54) is 6.20 Å². The predicted octanol–water partition coefficient (Wildman–Crippen LogP) is 2.33. The van der Waals surface area contributed by atoms with Crippen molar-refractivity contribution in [2.45, 2.75) is 0 Å². The van der Waals surface area contributed by atoms with Gasteiger partial charge >= 0.3 is 0 Å². The molecule has 0 aliphatic carbocycles. The van der Waals surface area contributed by atoms with Crippen LogP contribution in [0.15, 0.2) is 46.3 Å². The van der Waals surface area contributed by atoms with Crippen LogP contribution >= 0.6 is 15.9 Å². The smallest absolute Gasteiger partial charge is 0.257 e. The molecule has 6 nitrogen and oxygen atoms in total. The van der Waals surface area contributed by atoms with Crippen molar-refractivity contribution in [2.75, 3.05) is 5.32 Å². The van der Waals surface area contributed by atoms with Gasteiger partial charge in [-0.3, -0.25) is 9.78 Å². The van der Waals surface area contributed by atoms with Crippen LogP contribution in [0.3, 0.4) is 0 Å². The van der Waals surface area contributed by atoms with E-state index in [2.05, 4.69) is 31.4 Å². The predicted molar refractivity (Wildman–Crippen MR) is 78.8 cm³/mol. The molecule has 1 amide bonds. The van der Waals surface area contributed by atoms with E-state index in [0.717, 1.165) is 12.3 Å². The van der Waals surface area contributed by atoms with Crippen molar-refractivity contribution in [3.63, 3.8) is 0 Å². The van der Waals surface area contributed by atoms with Crippen molar-refractivity contribution < 1.29 is 14.4 Å². The molecule has 0 atom stereocenters. The van der Waals surface area contributed by atoms with Crippen molar-refractivity contribution in [1.29, 1.82) is 0 Å². The van der Waals surface area contributed by atoms with E-state index in [4.69, 9.17) is 10.9 Å². The van der Waals surface area contributed by atoms with Gasteiger partial charge in [-0.2, -0.15) is 0 Å². The first-order chi connectivity index (χ1) is 10.0. The molecule has 2 aromatic rings. The molecule has 0 radical (unpaired) electrons. The average molecular weight is 353 g/mol. The summed E-state index contributed by atoms with van der Waals surface area (Å²) in [6, 6.07) is 5.88. The zero-order valence-electron chi connectivity index (χ0n) is 10.5. The minimum atomic E-state index is -0.616. The zero-order valence-corrected chi connectivity index (χ0v) is 12.1. The molecule has 0 unspecified atom stereocenters. The van der Waals surface area contributed by atoms with Gasteiger partial charge in [0.15, 0.2) is 5.84 Å². The standard InChI is InChI=1S/C13H10BrFN4O2/c14-8-1-2-11(10(4-8)12(16)19-21)18-13(20)7-3-9(15)6-17-5-7/h1-6,21H,(H2,16,19)(H,18,20). The Morgan fingerprint density at radius 3 is 2.81 bits per heavy atom. The maximum atomic E-state index is 13.1. The van der Waals surface area contributed by atoms with Gasteiger partial charge in [0, 0.05) is 16.2 Å². The first-order valence-electron chi connectivity index (χ1n) is 5.70. The number of anilines is 1. The fourth-order valence-electron chi connectivity index (χ4n) is 1.62. The van der Waals surface area contributed by atoms with E-state index in [0.29, 0.717) is 15.7 Å². The minimum absolute atomic E-state index is 0.0587. The van der Waals surface area contributed by atoms with Gasteiger partial charge in [-0.15, -0.1) is 0 Å². The van der Waals surface area contributed by atoms with E-state index in [1.807, 2.05) is 0 Å². The number of carbonyl (C=O) groups is 1. The van der Waals surface area contributed by atoms with Crippen LogP contribution in [-0.4, -0.2) is 21.9 Å². The van der Waals surface area contributed by atoms with Crippen LogP contribution in [-0.2, 0) is 0 Å². The molecular weight excluding hydrogens is 343 g/mol. The first kappa shape index (κ1) is 14.9. The van der Waals surface area contributed by atoms with Gasteiger partial charge in [-0.25, -0.2) is 4.39 Å². The molecule has 4 N–H and O–H groups in total. The topological polar surface area (TPSA) is 101 Å². The summed E-state index contributed by atoms with van der Waals surface area (Å²) in [5.74, 6) is -1.34. The van der Waals surface area contributed by atoms with Gasteiger partial charge in [0.25, 0.3) is 5.91 Å². The number of nitrogens with one attached hydrogen (secondary N) is 1. The van der Waals surface area contributed by atoms with Gasteiger partial charge in [-0.1, -0.05) is 21.1 Å². The summed E-state index contributed by atoms with van der Waals surface area (Å²) < 4.78 is 13.7. The Hall–Kier alpha value is -2.48. The SMILES string of the molecule is N/C(=N/O)c1cc(Br)ccc1NC(=O)c1cncc(F)c1. The van der Waals surface area contributed by atoms with Crippen LogP contribution in [0.5, 0.6) is 0 Å². The second-order valence-corrected chi connectivity index (χ2v) is 4.94. The van der Waals surface area contributed by atoms with Gasteiger partial charge in [-0.05, 0) is 24.3 Å². The highest BCUT2D eigenvalue weighted by molar-refractivity contribution is 9.10. The fraction of sp³-hybridized carbons (Fsp3) is 0. The van der Waals surface area contributed by atoms with E-state index < -0.39 is 11.7 Å². The number of carbonyl (C=O) groups excluding carboxylic acids is 1. The molecular formula is C13H10BrFN4O2. The zero-order chi connectivity index (χ0) is 15.4. The number of amides is 1. The second kappa shape index (κ2) is 6.31. The number of nitrogens with two attached hydrogens (primary N) is 1. The van der Waals surface area contributed by atoms with Gasteiger partial charge in [0.1, 0.15) is 5.82 Å². The lowest BCUT2D eigenvalue weighted by molar-refractivity contribution is 0.102. The average Bonchev–Trinajstić information content (AvgIpc) is 2.48. The Labute approximate surface area is 127 Å². The molecule has 0 saturated carbocycles. The molecule has 108 valence electrons. The number of benzene rings is 1. The Kier molecular flexibility index (Phi) is 4.49. The number of halogens is 2. The molecule has 8 heteroatoms. The number of hydrogen-bond donors (Lipinski definition) is 3. The van der Waals surface area contributed by atoms with Crippen LogP contribution in [0.1, 0.15) is 15.9 Å². The summed E-state index contributed by atoms with van der Waals surface area (Å²) >= 11 is 3.25. The van der Waals surface area contributed by atoms with Crippen molar-refractivity contribution in [1.82, 2.24) is 4.98 Å². The highest BCUT2D eigenvalue weighted by Gasteiger charge is 2.13. The largest absolute Gasteiger partial charge is 0.409 e. The minimum Gasteiger partial charge on any atom is -0.409 e. The van der Waals surface area contributed by atoms with E-state index in [-0.39, 0.29) is 11.4 Å². The van der Waals surface area contributed by atoms with Crippen LogP contribution in [0.4, 0.5) is 10.1 Å². The number of amidine groups is 1. The highest BCUT2D eigenvalue weighted by Crippen LogP contribution is 2.21. The van der Waals surface area contributed by atoms with E-state index in [1.54, 1.807) is 18.2 Å². The number of pyridine rings is 1. The van der Waals surface area contributed by atoms with Crippen LogP contribution in [0.2, 0.25) is 0 Å². The maximum Gasteiger partial charge on any atom is 0.257 e. The monoisotopic (exact) mass is 352 g/mol. The molecule has 0 aliphatic rings. The van der Waals surface area contributed by atoms with Gasteiger partial charge < -0.3 is 16.3 Å². The van der Waals surface area contributed by atoms with Gasteiger partial charge in [0.05, 0.1) is 17.4 Å². The first-order valence-corrected chi connectivity index (χ1v) is 6.50. The number of nitrogens with zero attached hydrogens (tertiary/aromatic N) is 2. The quantitative estimate of drug-likeness (QED) is 0.341. The Bertz CT molecular complexity index is 721. The van der Waals surface area contributed by atoms with Crippen molar-refractivity contribution in [2.24, 2.45) is 10.9 Å². The molecule has 0 fully saturated rings. The number of oxime groups is 1. The summed E-state index contributed by atoms with van der Waals surface area (Å²) in [7, 11) is 0. The number of rotatable bonds is 3. The molecule has 1 aromatic carbocycles. The lowest BCUT2D eigenvalue weighted by Gasteiger charge is -2.10. The van der Waals surface area contributed by atoms with Crippen LogP contribution in [0.25, 0.3) is 0 Å².